The molecular weight excluding hydrogens is 265 g/mol. The fourth-order valence-corrected chi connectivity index (χ4v) is 1.75. The third-order valence-electron chi connectivity index (χ3n) is 2.78. The third-order valence-corrected chi connectivity index (χ3v) is 2.78. The topological polar surface area (TPSA) is 70.0 Å². The summed E-state index contributed by atoms with van der Waals surface area (Å²) in [6.45, 7) is 1.71. The lowest BCUT2D eigenvalue weighted by Crippen LogP contribution is -2.30. The highest BCUT2D eigenvalue weighted by Gasteiger charge is 2.10. The van der Waals surface area contributed by atoms with Crippen molar-refractivity contribution in [2.75, 3.05) is 32.9 Å². The van der Waals surface area contributed by atoms with E-state index in [0.717, 1.165) is 0 Å². The number of aliphatic hydroxyl groups is 1. The van der Waals surface area contributed by atoms with Crippen molar-refractivity contribution in [2.45, 2.75) is 13.0 Å². The van der Waals surface area contributed by atoms with E-state index in [9.17, 15) is 9.18 Å². The summed E-state index contributed by atoms with van der Waals surface area (Å²) in [6.07, 6.45) is -0.00550. The zero-order valence-corrected chi connectivity index (χ0v) is 11.3. The standard InChI is InChI=1S/C14H20FNO4/c15-13-4-2-1-3-12(13)11-16(6-5-14(18)19)7-9-20-10-8-17/h1-4,17H,5-11H2,(H,18,19). The summed E-state index contributed by atoms with van der Waals surface area (Å²) in [6, 6.07) is 6.42. The lowest BCUT2D eigenvalue weighted by atomic mass is 10.2. The Bertz CT molecular complexity index is 414. The molecule has 0 aliphatic carbocycles. The number of carboxylic acids is 1. The summed E-state index contributed by atoms with van der Waals surface area (Å²) in [5.74, 6) is -1.19. The van der Waals surface area contributed by atoms with E-state index in [1.165, 1.54) is 6.07 Å². The molecule has 1 rings (SSSR count). The quantitative estimate of drug-likeness (QED) is 0.630. The molecule has 0 bridgehead atoms. The fraction of sp³-hybridized carbons (Fsp3) is 0.500. The number of benzene rings is 1. The summed E-state index contributed by atoms with van der Waals surface area (Å²) in [7, 11) is 0. The molecule has 0 fully saturated rings. The monoisotopic (exact) mass is 285 g/mol. The van der Waals surface area contributed by atoms with Crippen molar-refractivity contribution in [3.8, 4) is 0 Å². The highest BCUT2D eigenvalue weighted by atomic mass is 19.1. The molecule has 20 heavy (non-hydrogen) atoms. The van der Waals surface area contributed by atoms with Gasteiger partial charge in [-0.2, -0.15) is 0 Å². The maximum Gasteiger partial charge on any atom is 0.304 e. The number of hydrogen-bond acceptors (Lipinski definition) is 4. The van der Waals surface area contributed by atoms with Crippen LogP contribution in [0.25, 0.3) is 0 Å². The molecule has 0 saturated carbocycles. The Labute approximate surface area is 117 Å². The van der Waals surface area contributed by atoms with Gasteiger partial charge in [0.1, 0.15) is 5.82 Å². The van der Waals surface area contributed by atoms with Crippen LogP contribution in [0.1, 0.15) is 12.0 Å². The van der Waals surface area contributed by atoms with Crippen LogP contribution in [-0.4, -0.2) is 54.0 Å². The van der Waals surface area contributed by atoms with Crippen LogP contribution in [-0.2, 0) is 16.1 Å². The molecule has 1 aromatic rings. The second kappa shape index (κ2) is 9.41. The number of rotatable bonds is 10. The van der Waals surface area contributed by atoms with Gasteiger partial charge in [-0.1, -0.05) is 18.2 Å². The van der Waals surface area contributed by atoms with Crippen molar-refractivity contribution in [3.63, 3.8) is 0 Å². The largest absolute Gasteiger partial charge is 0.481 e. The minimum Gasteiger partial charge on any atom is -0.481 e. The molecular formula is C14H20FNO4. The van der Waals surface area contributed by atoms with Gasteiger partial charge >= 0.3 is 5.97 Å². The number of carboxylic acid groups (broad SMARTS) is 1. The number of carbonyl (C=O) groups is 1. The molecule has 0 heterocycles. The molecule has 0 atom stereocenters. The summed E-state index contributed by atoms with van der Waals surface area (Å²) in [4.78, 5) is 12.5. The predicted octanol–water partition coefficient (Wildman–Crippen LogP) is 1.11. The Kier molecular flexibility index (Phi) is 7.79. The van der Waals surface area contributed by atoms with Gasteiger partial charge in [0, 0.05) is 25.2 Å². The molecule has 1 aromatic carbocycles. The molecule has 0 saturated heterocycles. The van der Waals surface area contributed by atoms with Crippen LogP contribution in [0.4, 0.5) is 4.39 Å². The van der Waals surface area contributed by atoms with E-state index in [0.29, 0.717) is 31.8 Å². The van der Waals surface area contributed by atoms with E-state index in [2.05, 4.69) is 0 Å². The number of aliphatic hydroxyl groups excluding tert-OH is 1. The number of ether oxygens (including phenoxy) is 1. The van der Waals surface area contributed by atoms with Crippen molar-refractivity contribution in [1.82, 2.24) is 4.90 Å². The van der Waals surface area contributed by atoms with E-state index < -0.39 is 5.97 Å². The van der Waals surface area contributed by atoms with Gasteiger partial charge in [0.15, 0.2) is 0 Å². The highest BCUT2D eigenvalue weighted by molar-refractivity contribution is 5.66. The normalized spacial score (nSPS) is 10.9. The maximum absolute atomic E-state index is 13.6. The van der Waals surface area contributed by atoms with Gasteiger partial charge in [0.05, 0.1) is 26.2 Å². The van der Waals surface area contributed by atoms with Crippen molar-refractivity contribution in [1.29, 1.82) is 0 Å². The molecule has 0 amide bonds. The predicted molar refractivity (Wildman–Crippen MR) is 71.8 cm³/mol. The second-order valence-electron chi connectivity index (χ2n) is 4.35. The molecule has 0 radical (unpaired) electrons. The van der Waals surface area contributed by atoms with Crippen LogP contribution in [0.2, 0.25) is 0 Å². The van der Waals surface area contributed by atoms with Gasteiger partial charge in [0.25, 0.3) is 0 Å². The van der Waals surface area contributed by atoms with Gasteiger partial charge in [-0.05, 0) is 6.07 Å². The van der Waals surface area contributed by atoms with E-state index in [1.54, 1.807) is 18.2 Å². The minimum absolute atomic E-state index is 0.00550. The molecule has 0 aliphatic heterocycles. The molecule has 112 valence electrons. The average molecular weight is 285 g/mol. The molecule has 6 heteroatoms. The summed E-state index contributed by atoms with van der Waals surface area (Å²) in [5.41, 5.74) is 0.528. The van der Waals surface area contributed by atoms with Crippen LogP contribution in [0.5, 0.6) is 0 Å². The zero-order valence-electron chi connectivity index (χ0n) is 11.3. The summed E-state index contributed by atoms with van der Waals surface area (Å²) < 4.78 is 18.7. The number of aliphatic carboxylic acids is 1. The molecule has 2 N–H and O–H groups in total. The average Bonchev–Trinajstić information content (AvgIpc) is 2.42. The van der Waals surface area contributed by atoms with Crippen molar-refractivity contribution >= 4 is 5.97 Å². The number of hydrogen-bond donors (Lipinski definition) is 2. The Morgan fingerprint density at radius 1 is 1.25 bits per heavy atom. The summed E-state index contributed by atoms with van der Waals surface area (Å²) >= 11 is 0. The Morgan fingerprint density at radius 3 is 2.65 bits per heavy atom. The van der Waals surface area contributed by atoms with Gasteiger partial charge < -0.3 is 14.9 Å². The van der Waals surface area contributed by atoms with E-state index in [-0.39, 0.29) is 25.5 Å². The van der Waals surface area contributed by atoms with Gasteiger partial charge in [-0.15, -0.1) is 0 Å². The molecule has 0 aromatic heterocycles. The molecule has 0 unspecified atom stereocenters. The fourth-order valence-electron chi connectivity index (χ4n) is 1.75. The SMILES string of the molecule is O=C(O)CCN(CCOCCO)Cc1ccccc1F. The van der Waals surface area contributed by atoms with Gasteiger partial charge in [0.2, 0.25) is 0 Å². The van der Waals surface area contributed by atoms with Gasteiger partial charge in [-0.3, -0.25) is 9.69 Å². The molecule has 5 nitrogen and oxygen atoms in total. The summed E-state index contributed by atoms with van der Waals surface area (Å²) in [5, 5.41) is 17.3. The Balaban J connectivity index is 2.52. The zero-order chi connectivity index (χ0) is 14.8. The van der Waals surface area contributed by atoms with Crippen LogP contribution in [0.15, 0.2) is 24.3 Å². The van der Waals surface area contributed by atoms with E-state index in [1.807, 2.05) is 4.90 Å². The Hall–Kier alpha value is -1.50. The number of nitrogens with zero attached hydrogens (tertiary/aromatic N) is 1. The lowest BCUT2D eigenvalue weighted by molar-refractivity contribution is -0.137. The third kappa shape index (κ3) is 6.60. The molecule has 0 aliphatic rings. The second-order valence-corrected chi connectivity index (χ2v) is 4.35. The van der Waals surface area contributed by atoms with E-state index >= 15 is 0 Å². The van der Waals surface area contributed by atoms with Crippen LogP contribution >= 0.6 is 0 Å². The lowest BCUT2D eigenvalue weighted by Gasteiger charge is -2.21. The number of halogens is 1. The van der Waals surface area contributed by atoms with Gasteiger partial charge in [-0.25, -0.2) is 4.39 Å². The highest BCUT2D eigenvalue weighted by Crippen LogP contribution is 2.10. The first kappa shape index (κ1) is 16.6. The van der Waals surface area contributed by atoms with Crippen molar-refractivity contribution in [3.05, 3.63) is 35.6 Å². The Morgan fingerprint density at radius 2 is 2.00 bits per heavy atom. The minimum atomic E-state index is -0.889. The van der Waals surface area contributed by atoms with Crippen LogP contribution in [0.3, 0.4) is 0 Å². The van der Waals surface area contributed by atoms with Crippen LogP contribution in [0, 0.1) is 5.82 Å². The first-order chi connectivity index (χ1) is 9.63. The van der Waals surface area contributed by atoms with Crippen LogP contribution < -0.4 is 0 Å². The van der Waals surface area contributed by atoms with Crippen molar-refractivity contribution in [2.24, 2.45) is 0 Å². The van der Waals surface area contributed by atoms with E-state index in [4.69, 9.17) is 14.9 Å². The maximum atomic E-state index is 13.6. The smallest absolute Gasteiger partial charge is 0.304 e. The first-order valence-electron chi connectivity index (χ1n) is 6.49. The molecule has 0 spiro atoms. The van der Waals surface area contributed by atoms with Crippen molar-refractivity contribution < 1.29 is 24.1 Å². The first-order valence-corrected chi connectivity index (χ1v) is 6.49.